The van der Waals surface area contributed by atoms with Gasteiger partial charge in [0.1, 0.15) is 5.69 Å². The van der Waals surface area contributed by atoms with Crippen LogP contribution in [-0.4, -0.2) is 45.5 Å². The lowest BCUT2D eigenvalue weighted by Gasteiger charge is -2.49. The van der Waals surface area contributed by atoms with Crippen LogP contribution >= 0.6 is 11.3 Å². The highest BCUT2D eigenvalue weighted by atomic mass is 32.1. The van der Waals surface area contributed by atoms with Crippen molar-refractivity contribution < 1.29 is 5.11 Å². The van der Waals surface area contributed by atoms with E-state index < -0.39 is 0 Å². The van der Waals surface area contributed by atoms with Crippen LogP contribution in [0.3, 0.4) is 0 Å². The van der Waals surface area contributed by atoms with Crippen LogP contribution in [0, 0.1) is 5.92 Å². The Morgan fingerprint density at radius 3 is 3.05 bits per heavy atom. The average Bonchev–Trinajstić information content (AvgIpc) is 3.16. The first-order valence-corrected chi connectivity index (χ1v) is 8.57. The van der Waals surface area contributed by atoms with E-state index in [2.05, 4.69) is 40.2 Å². The van der Waals surface area contributed by atoms with Gasteiger partial charge in [-0.1, -0.05) is 6.07 Å². The molecule has 1 unspecified atom stereocenters. The summed E-state index contributed by atoms with van der Waals surface area (Å²) in [6.45, 7) is 2.51. The number of aromatic nitrogens is 2. The normalized spacial score (nSPS) is 31.7. The predicted molar refractivity (Wildman–Crippen MR) is 84.4 cm³/mol. The minimum atomic E-state index is 0.301. The summed E-state index contributed by atoms with van der Waals surface area (Å²) >= 11 is 1.74. The lowest BCUT2D eigenvalue weighted by molar-refractivity contribution is 0.00105. The number of aliphatic hydroxyl groups excluding tert-OH is 1. The first-order valence-electron chi connectivity index (χ1n) is 7.69. The number of piperidine rings is 3. The predicted octanol–water partition coefficient (Wildman–Crippen LogP) is 2.32. The first kappa shape index (κ1) is 13.5. The number of aliphatic hydroxyl groups is 1. The van der Waals surface area contributed by atoms with Gasteiger partial charge >= 0.3 is 0 Å². The van der Waals surface area contributed by atoms with E-state index in [0.29, 0.717) is 24.5 Å². The van der Waals surface area contributed by atoms with Gasteiger partial charge in [0.2, 0.25) is 0 Å². The van der Waals surface area contributed by atoms with Gasteiger partial charge in [0.25, 0.3) is 0 Å². The topological polar surface area (TPSA) is 41.3 Å². The van der Waals surface area contributed by atoms with Crippen molar-refractivity contribution in [1.29, 1.82) is 0 Å². The maximum Gasteiger partial charge on any atom is 0.103 e. The lowest BCUT2D eigenvalue weighted by Crippen LogP contribution is -2.53. The van der Waals surface area contributed by atoms with Gasteiger partial charge in [0, 0.05) is 31.2 Å². The third kappa shape index (κ3) is 2.24. The molecule has 112 valence electrons. The van der Waals surface area contributed by atoms with Gasteiger partial charge < -0.3 is 5.11 Å². The van der Waals surface area contributed by atoms with E-state index in [9.17, 15) is 5.11 Å². The van der Waals surface area contributed by atoms with Crippen LogP contribution in [0.25, 0.3) is 10.6 Å². The van der Waals surface area contributed by atoms with Gasteiger partial charge in [-0.15, -0.1) is 11.3 Å². The average molecular weight is 303 g/mol. The van der Waals surface area contributed by atoms with Crippen molar-refractivity contribution in [3.63, 3.8) is 0 Å². The third-order valence-electron chi connectivity index (χ3n) is 5.16. The molecule has 4 nitrogen and oxygen atoms in total. The molecule has 4 atom stereocenters. The van der Waals surface area contributed by atoms with Gasteiger partial charge in [-0.25, -0.2) is 0 Å². The quantitative estimate of drug-likeness (QED) is 0.946. The highest BCUT2D eigenvalue weighted by Crippen LogP contribution is 2.42. The van der Waals surface area contributed by atoms with Crippen LogP contribution in [0.5, 0.6) is 0 Å². The second-order valence-electron chi connectivity index (χ2n) is 6.28. The number of hydrogen-bond acceptors (Lipinski definition) is 4. The number of hydrogen-bond donors (Lipinski definition) is 1. The van der Waals surface area contributed by atoms with Gasteiger partial charge in [-0.05, 0) is 42.8 Å². The molecule has 3 fully saturated rings. The lowest BCUT2D eigenvalue weighted by atomic mass is 9.74. The number of rotatable bonds is 3. The summed E-state index contributed by atoms with van der Waals surface area (Å²) in [7, 11) is 2.06. The maximum atomic E-state index is 9.50. The van der Waals surface area contributed by atoms with Crippen molar-refractivity contribution in [2.75, 3.05) is 19.7 Å². The zero-order chi connectivity index (χ0) is 14.4. The molecule has 5 heteroatoms. The zero-order valence-electron chi connectivity index (χ0n) is 12.3. The molecule has 0 radical (unpaired) electrons. The van der Waals surface area contributed by atoms with Crippen molar-refractivity contribution in [3.8, 4) is 10.6 Å². The molecule has 0 aromatic carbocycles. The van der Waals surface area contributed by atoms with E-state index >= 15 is 0 Å². The van der Waals surface area contributed by atoms with E-state index in [1.807, 2.05) is 0 Å². The van der Waals surface area contributed by atoms with E-state index in [-0.39, 0.29) is 0 Å². The van der Waals surface area contributed by atoms with E-state index in [1.54, 1.807) is 11.3 Å². The highest BCUT2D eigenvalue weighted by Gasteiger charge is 2.41. The molecule has 2 aromatic rings. The Hall–Kier alpha value is -1.17. The van der Waals surface area contributed by atoms with Crippen molar-refractivity contribution >= 4 is 11.3 Å². The smallest absolute Gasteiger partial charge is 0.103 e. The summed E-state index contributed by atoms with van der Waals surface area (Å²) < 4.78 is 2.06. The Labute approximate surface area is 129 Å². The fourth-order valence-electron chi connectivity index (χ4n) is 4.04. The largest absolute Gasteiger partial charge is 0.395 e. The molecule has 5 rings (SSSR count). The van der Waals surface area contributed by atoms with Crippen LogP contribution in [0.2, 0.25) is 0 Å². The monoisotopic (exact) mass is 303 g/mol. The molecule has 21 heavy (non-hydrogen) atoms. The minimum absolute atomic E-state index is 0.301. The molecule has 2 aromatic heterocycles. The summed E-state index contributed by atoms with van der Waals surface area (Å²) in [4.78, 5) is 3.70. The number of thiophene rings is 1. The summed E-state index contributed by atoms with van der Waals surface area (Å²) in [6, 6.07) is 6.86. The molecule has 0 amide bonds. The first-order chi connectivity index (χ1) is 10.3. The number of nitrogens with zero attached hydrogens (tertiary/aromatic N) is 3. The second-order valence-corrected chi connectivity index (χ2v) is 7.23. The minimum Gasteiger partial charge on any atom is -0.395 e. The molecule has 2 bridgehead atoms. The third-order valence-corrected chi connectivity index (χ3v) is 6.05. The summed E-state index contributed by atoms with van der Waals surface area (Å²) in [5.41, 5.74) is 2.45. The highest BCUT2D eigenvalue weighted by molar-refractivity contribution is 7.13. The number of aryl methyl sites for hydroxylation is 1. The van der Waals surface area contributed by atoms with Gasteiger partial charge in [-0.3, -0.25) is 9.58 Å². The molecular formula is C16H21N3OS. The molecule has 0 saturated carbocycles. The molecule has 3 saturated heterocycles. The van der Waals surface area contributed by atoms with Crippen molar-refractivity contribution in [1.82, 2.24) is 14.7 Å². The van der Waals surface area contributed by atoms with E-state index in [4.69, 9.17) is 5.10 Å². The summed E-state index contributed by atoms with van der Waals surface area (Å²) in [6.07, 6.45) is 2.38. The Kier molecular flexibility index (Phi) is 3.36. The molecule has 3 aliphatic heterocycles. The van der Waals surface area contributed by atoms with Gasteiger partial charge in [-0.2, -0.15) is 5.10 Å². The molecule has 0 spiro atoms. The van der Waals surface area contributed by atoms with Crippen LogP contribution in [0.4, 0.5) is 0 Å². The van der Waals surface area contributed by atoms with Crippen LogP contribution in [0.15, 0.2) is 23.6 Å². The fourth-order valence-corrected chi connectivity index (χ4v) is 4.72. The van der Waals surface area contributed by atoms with Crippen molar-refractivity contribution in [2.24, 2.45) is 13.0 Å². The van der Waals surface area contributed by atoms with Crippen LogP contribution in [-0.2, 0) is 7.05 Å². The fraction of sp³-hybridized carbons (Fsp3) is 0.562. The molecule has 3 aliphatic rings. The van der Waals surface area contributed by atoms with Gasteiger partial charge in [0.15, 0.2) is 0 Å². The van der Waals surface area contributed by atoms with Crippen LogP contribution < -0.4 is 0 Å². The molecule has 5 heterocycles. The van der Waals surface area contributed by atoms with E-state index in [1.165, 1.54) is 17.0 Å². The van der Waals surface area contributed by atoms with Crippen molar-refractivity contribution in [2.45, 2.75) is 24.8 Å². The maximum absolute atomic E-state index is 9.50. The summed E-state index contributed by atoms with van der Waals surface area (Å²) in [5.74, 6) is 1.26. The standard InChI is InChI=1S/C16H21N3OS/c1-18-15(8-14(17-18)16-3-2-6-21-16)13-9-19-5-4-11(13)7-12(19)10-20/h2-3,6,8,11-13,20H,4-5,7,9-10H2,1H3/t11-,12+,13+/m0/s1. The molecule has 0 aliphatic carbocycles. The summed E-state index contributed by atoms with van der Waals surface area (Å²) in [5, 5.41) is 16.3. The second kappa shape index (κ2) is 5.23. The SMILES string of the molecule is Cn1nc(-c2cccs2)cc1[C@@H]1CN2CC[C@H]1C[C@@H]2CO. The van der Waals surface area contributed by atoms with Crippen LogP contribution in [0.1, 0.15) is 24.5 Å². The Morgan fingerprint density at radius 1 is 1.48 bits per heavy atom. The number of fused-ring (bicyclic) bond motifs is 3. The zero-order valence-corrected chi connectivity index (χ0v) is 13.1. The Bertz CT molecular complexity index is 622. The van der Waals surface area contributed by atoms with Crippen molar-refractivity contribution in [3.05, 3.63) is 29.3 Å². The Balaban J connectivity index is 1.63. The Morgan fingerprint density at radius 2 is 2.38 bits per heavy atom. The molecule has 1 N–H and O–H groups in total. The molecular weight excluding hydrogens is 282 g/mol. The van der Waals surface area contributed by atoms with Gasteiger partial charge in [0.05, 0.1) is 11.5 Å². The van der Waals surface area contributed by atoms with E-state index in [0.717, 1.165) is 25.2 Å².